The first-order chi connectivity index (χ1) is 14.9. The third-order valence-corrected chi connectivity index (χ3v) is 7.01. The molecule has 0 N–H and O–H groups in total. The average molecular weight is 439 g/mol. The minimum Gasteiger partial charge on any atom is -0.469 e. The van der Waals surface area contributed by atoms with E-state index >= 15 is 0 Å². The molecule has 0 fully saturated rings. The van der Waals surface area contributed by atoms with Gasteiger partial charge in [0, 0.05) is 16.4 Å². The fourth-order valence-corrected chi connectivity index (χ4v) is 5.54. The van der Waals surface area contributed by atoms with Crippen molar-refractivity contribution in [3.8, 4) is 0 Å². The molecule has 6 nitrogen and oxygen atoms in total. The van der Waals surface area contributed by atoms with Crippen LogP contribution in [0.3, 0.4) is 0 Å². The van der Waals surface area contributed by atoms with Crippen molar-refractivity contribution in [1.82, 2.24) is 9.55 Å². The fraction of sp³-hybridized carbons (Fsp3) is 0.417. The minimum absolute atomic E-state index is 0.0973. The van der Waals surface area contributed by atoms with E-state index in [1.807, 2.05) is 19.9 Å². The van der Waals surface area contributed by atoms with Gasteiger partial charge in [0.2, 0.25) is 0 Å². The molecule has 2 heterocycles. The summed E-state index contributed by atoms with van der Waals surface area (Å²) in [5, 5.41) is 0.611. The zero-order chi connectivity index (χ0) is 22.1. The number of Topliss-reactive ketones (excluding diaryl/α,β-unsaturated/α-hetero) is 1. The van der Waals surface area contributed by atoms with Crippen LogP contribution in [0.5, 0.6) is 0 Å². The molecule has 162 valence electrons. The summed E-state index contributed by atoms with van der Waals surface area (Å²) in [4.78, 5) is 46.4. The number of nitrogens with zero attached hydrogens (tertiary/aromatic N) is 2. The number of ether oxygens (including phenoxy) is 1. The highest BCUT2D eigenvalue weighted by Crippen LogP contribution is 2.35. The van der Waals surface area contributed by atoms with Gasteiger partial charge in [0.1, 0.15) is 16.7 Å². The van der Waals surface area contributed by atoms with E-state index in [-0.39, 0.29) is 23.7 Å². The van der Waals surface area contributed by atoms with Crippen molar-refractivity contribution in [3.63, 3.8) is 0 Å². The van der Waals surface area contributed by atoms with E-state index in [1.165, 1.54) is 16.6 Å². The minimum atomic E-state index is -1.00. The first-order valence-corrected chi connectivity index (χ1v) is 11.5. The van der Waals surface area contributed by atoms with Crippen LogP contribution in [0.15, 0.2) is 35.1 Å². The number of ketones is 1. The molecule has 0 amide bonds. The average Bonchev–Trinajstić information content (AvgIpc) is 3.16. The highest BCUT2D eigenvalue weighted by atomic mass is 32.1. The van der Waals surface area contributed by atoms with Crippen LogP contribution in [0.25, 0.3) is 10.2 Å². The maximum Gasteiger partial charge on any atom is 0.308 e. The van der Waals surface area contributed by atoms with Crippen LogP contribution in [-0.2, 0) is 22.4 Å². The molecule has 7 heteroatoms. The monoisotopic (exact) mass is 438 g/mol. The molecule has 1 unspecified atom stereocenters. The van der Waals surface area contributed by atoms with Gasteiger partial charge in [-0.05, 0) is 31.2 Å². The number of esters is 1. The molecule has 1 aromatic carbocycles. The Morgan fingerprint density at radius 2 is 1.87 bits per heavy atom. The van der Waals surface area contributed by atoms with Gasteiger partial charge >= 0.3 is 5.97 Å². The number of hydrogen-bond acceptors (Lipinski definition) is 6. The molecule has 4 rings (SSSR count). The second-order valence-electron chi connectivity index (χ2n) is 8.22. The van der Waals surface area contributed by atoms with E-state index in [9.17, 15) is 14.4 Å². The normalized spacial score (nSPS) is 14.5. The van der Waals surface area contributed by atoms with Gasteiger partial charge in [-0.25, -0.2) is 4.98 Å². The summed E-state index contributed by atoms with van der Waals surface area (Å²) < 4.78 is 6.33. The number of aromatic nitrogens is 2. The van der Waals surface area contributed by atoms with Crippen LogP contribution in [0, 0.1) is 0 Å². The van der Waals surface area contributed by atoms with Gasteiger partial charge in [0.15, 0.2) is 5.78 Å². The molecular formula is C24H26N2O4S. The van der Waals surface area contributed by atoms with Crippen LogP contribution in [0.1, 0.15) is 71.7 Å². The summed E-state index contributed by atoms with van der Waals surface area (Å²) in [7, 11) is 1.29. The molecule has 0 saturated carbocycles. The molecule has 0 spiro atoms. The van der Waals surface area contributed by atoms with Gasteiger partial charge in [0.05, 0.1) is 18.9 Å². The van der Waals surface area contributed by atoms with Crippen molar-refractivity contribution in [2.75, 3.05) is 7.11 Å². The summed E-state index contributed by atoms with van der Waals surface area (Å²) in [6.45, 7) is 3.89. The molecule has 1 aliphatic carbocycles. The summed E-state index contributed by atoms with van der Waals surface area (Å²) in [6, 6.07) is 7.76. The molecule has 1 aliphatic rings. The van der Waals surface area contributed by atoms with Crippen LogP contribution >= 0.6 is 11.3 Å². The van der Waals surface area contributed by atoms with Gasteiger partial charge in [-0.2, -0.15) is 0 Å². The lowest BCUT2D eigenvalue weighted by Gasteiger charge is -2.23. The lowest BCUT2D eigenvalue weighted by molar-refractivity contribution is -0.141. The Kier molecular flexibility index (Phi) is 6.05. The van der Waals surface area contributed by atoms with E-state index < -0.39 is 12.0 Å². The Labute approximate surface area is 184 Å². The van der Waals surface area contributed by atoms with Gasteiger partial charge in [-0.15, -0.1) is 11.3 Å². The van der Waals surface area contributed by atoms with Crippen LogP contribution in [0.4, 0.5) is 0 Å². The van der Waals surface area contributed by atoms with Crippen molar-refractivity contribution in [3.05, 3.63) is 62.5 Å². The summed E-state index contributed by atoms with van der Waals surface area (Å²) in [5.41, 5.74) is 1.29. The maximum absolute atomic E-state index is 13.9. The Morgan fingerprint density at radius 3 is 2.55 bits per heavy atom. The van der Waals surface area contributed by atoms with Gasteiger partial charge in [0.25, 0.3) is 5.56 Å². The number of benzene rings is 1. The molecule has 0 radical (unpaired) electrons. The zero-order valence-corrected chi connectivity index (χ0v) is 18.8. The van der Waals surface area contributed by atoms with Crippen LogP contribution in [-0.4, -0.2) is 28.4 Å². The predicted octanol–water partition coefficient (Wildman–Crippen LogP) is 4.45. The van der Waals surface area contributed by atoms with Crippen molar-refractivity contribution >= 4 is 33.3 Å². The number of aryl methyl sites for hydroxylation is 2. The van der Waals surface area contributed by atoms with Crippen molar-refractivity contribution in [2.24, 2.45) is 0 Å². The number of hydrogen-bond donors (Lipinski definition) is 0. The van der Waals surface area contributed by atoms with Crippen molar-refractivity contribution in [1.29, 1.82) is 0 Å². The smallest absolute Gasteiger partial charge is 0.308 e. The maximum atomic E-state index is 13.9. The third-order valence-electron chi connectivity index (χ3n) is 5.83. The van der Waals surface area contributed by atoms with Crippen LogP contribution < -0.4 is 5.56 Å². The fourth-order valence-electron chi connectivity index (χ4n) is 4.28. The van der Waals surface area contributed by atoms with E-state index in [0.29, 0.717) is 16.8 Å². The zero-order valence-electron chi connectivity index (χ0n) is 18.0. The van der Waals surface area contributed by atoms with Crippen LogP contribution in [0.2, 0.25) is 0 Å². The van der Waals surface area contributed by atoms with E-state index in [4.69, 9.17) is 9.72 Å². The quantitative estimate of drug-likeness (QED) is 0.420. The van der Waals surface area contributed by atoms with Crippen molar-refractivity contribution in [2.45, 2.75) is 57.9 Å². The number of methoxy groups -OCH3 is 1. The molecule has 0 saturated heterocycles. The van der Waals surface area contributed by atoms with E-state index in [1.54, 1.807) is 35.6 Å². The molecule has 0 aliphatic heterocycles. The molecular weight excluding hydrogens is 412 g/mol. The Morgan fingerprint density at radius 1 is 1.16 bits per heavy atom. The van der Waals surface area contributed by atoms with Crippen molar-refractivity contribution < 1.29 is 14.3 Å². The topological polar surface area (TPSA) is 78.3 Å². The Balaban J connectivity index is 1.97. The molecule has 31 heavy (non-hydrogen) atoms. The number of thiophene rings is 1. The van der Waals surface area contributed by atoms with Gasteiger partial charge < -0.3 is 4.74 Å². The largest absolute Gasteiger partial charge is 0.469 e. The highest BCUT2D eigenvalue weighted by molar-refractivity contribution is 7.18. The Hall–Kier alpha value is -2.80. The Bertz CT molecular complexity index is 1190. The predicted molar refractivity (Wildman–Crippen MR) is 121 cm³/mol. The SMILES string of the molecule is COC(=O)CC(C(=O)c1ccccc1)n1c(C(C)C)nc2sc3c(c2c1=O)CCCC3. The number of carbonyl (C=O) groups is 2. The van der Waals surface area contributed by atoms with Gasteiger partial charge in [-0.1, -0.05) is 44.2 Å². The number of rotatable bonds is 6. The second-order valence-corrected chi connectivity index (χ2v) is 9.30. The van der Waals surface area contributed by atoms with E-state index in [2.05, 4.69) is 0 Å². The van der Waals surface area contributed by atoms with E-state index in [0.717, 1.165) is 36.1 Å². The highest BCUT2D eigenvalue weighted by Gasteiger charge is 2.32. The lowest BCUT2D eigenvalue weighted by atomic mass is 9.96. The number of carbonyl (C=O) groups excluding carboxylic acids is 2. The van der Waals surface area contributed by atoms with Gasteiger partial charge in [-0.3, -0.25) is 19.0 Å². The number of fused-ring (bicyclic) bond motifs is 3. The molecule has 1 atom stereocenters. The standard InChI is InChI=1S/C24H26N2O4S/c1-14(2)22-25-23-20(16-11-7-8-12-18(16)31-23)24(29)26(22)17(13-19(27)30-3)21(28)15-9-5-4-6-10-15/h4-6,9-10,14,17H,7-8,11-13H2,1-3H3. The molecule has 0 bridgehead atoms. The lowest BCUT2D eigenvalue weighted by Crippen LogP contribution is -2.35. The first kappa shape index (κ1) is 21.4. The second kappa shape index (κ2) is 8.75. The summed E-state index contributed by atoms with van der Waals surface area (Å²) in [5.74, 6) is -0.405. The molecule has 2 aromatic heterocycles. The summed E-state index contributed by atoms with van der Waals surface area (Å²) >= 11 is 1.59. The third kappa shape index (κ3) is 3.94. The summed E-state index contributed by atoms with van der Waals surface area (Å²) in [6.07, 6.45) is 3.74. The molecule has 3 aromatic rings. The first-order valence-electron chi connectivity index (χ1n) is 10.6.